The smallest absolute Gasteiger partial charge is 0.229 e. The fourth-order valence-corrected chi connectivity index (χ4v) is 4.70. The van der Waals surface area contributed by atoms with Gasteiger partial charge in [-0.3, -0.25) is 0 Å². The summed E-state index contributed by atoms with van der Waals surface area (Å²) in [6.07, 6.45) is 11.1. The molecule has 3 heterocycles. The van der Waals surface area contributed by atoms with Gasteiger partial charge in [-0.2, -0.15) is 4.98 Å². The molecule has 0 amide bonds. The molecule has 8 nitrogen and oxygen atoms in total. The van der Waals surface area contributed by atoms with Gasteiger partial charge < -0.3 is 31.2 Å². The summed E-state index contributed by atoms with van der Waals surface area (Å²) in [5.74, 6) is 0.528. The molecule has 2 unspecified atom stereocenters. The molecule has 0 bridgehead atoms. The van der Waals surface area contributed by atoms with Gasteiger partial charge in [0.05, 0.1) is 11.2 Å². The van der Waals surface area contributed by atoms with E-state index in [1.807, 2.05) is 31.6 Å². The second-order valence-corrected chi connectivity index (χ2v) is 9.29. The molecule has 0 radical (unpaired) electrons. The SMILES string of the molecule is CNC1(CCN(C)C)C=CC(Nc2nc(-c3c[nH]c4c(C)cccc34)c3cc[nH]c3n2)=CC1N. The molecule has 1 aliphatic rings. The quantitative estimate of drug-likeness (QED) is 0.291. The van der Waals surface area contributed by atoms with Crippen molar-refractivity contribution in [1.82, 2.24) is 30.2 Å². The van der Waals surface area contributed by atoms with Gasteiger partial charge in [0, 0.05) is 46.0 Å². The number of nitrogens with one attached hydrogen (secondary N) is 4. The first-order valence-electron chi connectivity index (χ1n) is 11.6. The zero-order chi connectivity index (χ0) is 23.9. The minimum absolute atomic E-state index is 0.185. The minimum Gasteiger partial charge on any atom is -0.360 e. The molecule has 0 saturated carbocycles. The molecule has 5 rings (SSSR count). The topological polar surface area (TPSA) is 111 Å². The third-order valence-electron chi connectivity index (χ3n) is 6.80. The summed E-state index contributed by atoms with van der Waals surface area (Å²) in [5, 5.41) is 8.94. The van der Waals surface area contributed by atoms with E-state index in [1.165, 1.54) is 5.56 Å². The number of hydrogen-bond acceptors (Lipinski definition) is 6. The number of H-pyrrole nitrogens is 2. The number of para-hydroxylation sites is 1. The van der Waals surface area contributed by atoms with E-state index >= 15 is 0 Å². The maximum atomic E-state index is 6.61. The number of aromatic nitrogens is 4. The van der Waals surface area contributed by atoms with Gasteiger partial charge in [-0.1, -0.05) is 24.3 Å². The van der Waals surface area contributed by atoms with Crippen LogP contribution in [-0.4, -0.2) is 64.1 Å². The Bertz CT molecular complexity index is 1390. The molecular formula is C26H32N8. The number of anilines is 1. The van der Waals surface area contributed by atoms with Gasteiger partial charge in [0.2, 0.25) is 5.95 Å². The zero-order valence-corrected chi connectivity index (χ0v) is 20.1. The van der Waals surface area contributed by atoms with Crippen LogP contribution in [0, 0.1) is 6.92 Å². The average Bonchev–Trinajstić information content (AvgIpc) is 3.46. The number of likely N-dealkylation sites (N-methyl/N-ethyl adjacent to an activating group) is 1. The van der Waals surface area contributed by atoms with Gasteiger partial charge in [-0.25, -0.2) is 4.98 Å². The Morgan fingerprint density at radius 3 is 2.76 bits per heavy atom. The lowest BCUT2D eigenvalue weighted by Gasteiger charge is -2.38. The van der Waals surface area contributed by atoms with Crippen LogP contribution in [0.4, 0.5) is 5.95 Å². The number of fused-ring (bicyclic) bond motifs is 2. The first-order valence-corrected chi connectivity index (χ1v) is 11.6. The first-order chi connectivity index (χ1) is 16.4. The molecule has 0 saturated heterocycles. The summed E-state index contributed by atoms with van der Waals surface area (Å²) in [6.45, 7) is 3.05. The van der Waals surface area contributed by atoms with E-state index in [0.717, 1.165) is 51.9 Å². The molecular weight excluding hydrogens is 424 g/mol. The number of benzene rings is 1. The van der Waals surface area contributed by atoms with Crippen LogP contribution in [0.15, 0.2) is 60.6 Å². The Balaban J connectivity index is 1.49. The average molecular weight is 457 g/mol. The van der Waals surface area contributed by atoms with E-state index < -0.39 is 0 Å². The summed E-state index contributed by atoms with van der Waals surface area (Å²) >= 11 is 0. The van der Waals surface area contributed by atoms with Crippen molar-refractivity contribution in [2.24, 2.45) is 5.73 Å². The second-order valence-electron chi connectivity index (χ2n) is 9.29. The van der Waals surface area contributed by atoms with Crippen LogP contribution in [0.5, 0.6) is 0 Å². The van der Waals surface area contributed by atoms with E-state index in [-0.39, 0.29) is 11.6 Å². The molecule has 0 fully saturated rings. The molecule has 176 valence electrons. The van der Waals surface area contributed by atoms with Crippen molar-refractivity contribution in [3.05, 3.63) is 66.1 Å². The van der Waals surface area contributed by atoms with Crippen molar-refractivity contribution in [1.29, 1.82) is 0 Å². The number of aryl methyl sites for hydroxylation is 1. The maximum Gasteiger partial charge on any atom is 0.229 e. The summed E-state index contributed by atoms with van der Waals surface area (Å²) < 4.78 is 0. The molecule has 3 aromatic heterocycles. The Labute approximate surface area is 199 Å². The Hall–Kier alpha value is -3.46. The van der Waals surface area contributed by atoms with Crippen LogP contribution in [0.25, 0.3) is 33.2 Å². The monoisotopic (exact) mass is 456 g/mol. The number of rotatable bonds is 7. The van der Waals surface area contributed by atoms with E-state index in [1.54, 1.807) is 0 Å². The van der Waals surface area contributed by atoms with E-state index in [4.69, 9.17) is 15.7 Å². The normalized spacial score (nSPS) is 20.4. The summed E-state index contributed by atoms with van der Waals surface area (Å²) in [4.78, 5) is 18.5. The molecule has 0 aliphatic heterocycles. The van der Waals surface area contributed by atoms with Crippen molar-refractivity contribution in [2.75, 3.05) is 33.0 Å². The van der Waals surface area contributed by atoms with E-state index in [9.17, 15) is 0 Å². The summed E-state index contributed by atoms with van der Waals surface area (Å²) in [7, 11) is 6.11. The number of allylic oxidation sites excluding steroid dienone is 1. The third-order valence-corrected chi connectivity index (χ3v) is 6.80. The lowest BCUT2D eigenvalue weighted by Crippen LogP contribution is -2.57. The molecule has 1 aromatic carbocycles. The van der Waals surface area contributed by atoms with Crippen LogP contribution in [0.2, 0.25) is 0 Å². The molecule has 6 N–H and O–H groups in total. The number of nitrogens with two attached hydrogens (primary N) is 1. The fraction of sp³-hybridized carbons (Fsp3) is 0.308. The Kier molecular flexibility index (Phi) is 5.73. The fourth-order valence-electron chi connectivity index (χ4n) is 4.70. The predicted octanol–water partition coefficient (Wildman–Crippen LogP) is 3.52. The Morgan fingerprint density at radius 1 is 1.15 bits per heavy atom. The lowest BCUT2D eigenvalue weighted by molar-refractivity contribution is 0.300. The van der Waals surface area contributed by atoms with Crippen LogP contribution in [0.3, 0.4) is 0 Å². The number of hydrogen-bond donors (Lipinski definition) is 5. The second kappa shape index (κ2) is 8.72. The van der Waals surface area contributed by atoms with Gasteiger partial charge in [-0.15, -0.1) is 0 Å². The van der Waals surface area contributed by atoms with Crippen molar-refractivity contribution in [3.8, 4) is 11.3 Å². The zero-order valence-electron chi connectivity index (χ0n) is 20.1. The third kappa shape index (κ3) is 3.90. The molecule has 0 spiro atoms. The van der Waals surface area contributed by atoms with Gasteiger partial charge in [0.15, 0.2) is 0 Å². The maximum absolute atomic E-state index is 6.61. The minimum atomic E-state index is -0.285. The Morgan fingerprint density at radius 2 is 2.00 bits per heavy atom. The standard InChI is InChI=1S/C26H32N8/c1-16-6-5-7-18-20(15-30-22(16)18)23-19-9-12-29-24(19)33-25(32-23)31-17-8-10-26(28-2,21(27)14-17)11-13-34(3)4/h5-10,12,14-15,21,28,30H,11,13,27H2,1-4H3,(H2,29,31,32,33). The van der Waals surface area contributed by atoms with E-state index in [0.29, 0.717) is 5.95 Å². The largest absolute Gasteiger partial charge is 0.360 e. The highest BCUT2D eigenvalue weighted by molar-refractivity contribution is 6.03. The first kappa shape index (κ1) is 22.3. The highest BCUT2D eigenvalue weighted by Gasteiger charge is 2.33. The van der Waals surface area contributed by atoms with Gasteiger partial charge in [0.25, 0.3) is 0 Å². The number of nitrogens with zero attached hydrogens (tertiary/aromatic N) is 3. The number of aromatic amines is 2. The van der Waals surface area contributed by atoms with Crippen molar-refractivity contribution in [2.45, 2.75) is 24.9 Å². The van der Waals surface area contributed by atoms with E-state index in [2.05, 4.69) is 76.9 Å². The van der Waals surface area contributed by atoms with Crippen LogP contribution < -0.4 is 16.4 Å². The molecule has 4 aromatic rings. The lowest BCUT2D eigenvalue weighted by atomic mass is 9.83. The van der Waals surface area contributed by atoms with Crippen molar-refractivity contribution >= 4 is 27.9 Å². The molecule has 8 heteroatoms. The summed E-state index contributed by atoms with van der Waals surface area (Å²) in [5.41, 5.74) is 12.3. The van der Waals surface area contributed by atoms with Gasteiger partial charge in [-0.05, 0) is 64.8 Å². The van der Waals surface area contributed by atoms with Crippen molar-refractivity contribution < 1.29 is 0 Å². The predicted molar refractivity (Wildman–Crippen MR) is 140 cm³/mol. The van der Waals surface area contributed by atoms with Crippen molar-refractivity contribution in [3.63, 3.8) is 0 Å². The molecule has 34 heavy (non-hydrogen) atoms. The molecule has 2 atom stereocenters. The van der Waals surface area contributed by atoms with Crippen LogP contribution >= 0.6 is 0 Å². The summed E-state index contributed by atoms with van der Waals surface area (Å²) in [6, 6.07) is 8.14. The van der Waals surface area contributed by atoms with Gasteiger partial charge in [0.1, 0.15) is 5.65 Å². The van der Waals surface area contributed by atoms with Crippen LogP contribution in [0.1, 0.15) is 12.0 Å². The molecule has 1 aliphatic carbocycles. The highest BCUT2D eigenvalue weighted by atomic mass is 15.1. The van der Waals surface area contributed by atoms with Crippen LogP contribution in [-0.2, 0) is 0 Å². The van der Waals surface area contributed by atoms with Gasteiger partial charge >= 0.3 is 0 Å². The highest BCUT2D eigenvalue weighted by Crippen LogP contribution is 2.34.